The van der Waals surface area contributed by atoms with E-state index in [2.05, 4.69) is 9.97 Å². The molecule has 0 bridgehead atoms. The van der Waals surface area contributed by atoms with Gasteiger partial charge < -0.3 is 18.9 Å². The number of nitrogens with zero attached hydrogens (tertiary/aromatic N) is 2. The van der Waals surface area contributed by atoms with E-state index in [1.165, 1.54) is 0 Å². The zero-order valence-electron chi connectivity index (χ0n) is 15.9. The zero-order chi connectivity index (χ0) is 19.6. The highest BCUT2D eigenvalue weighted by Crippen LogP contribution is 2.29. The molecule has 0 fully saturated rings. The molecule has 2 aromatic heterocycles. The Morgan fingerprint density at radius 2 is 1.46 bits per heavy atom. The first-order chi connectivity index (χ1) is 13.8. The van der Waals surface area contributed by atoms with Crippen molar-refractivity contribution in [3.63, 3.8) is 0 Å². The van der Waals surface area contributed by atoms with E-state index < -0.39 is 0 Å². The highest BCUT2D eigenvalue weighted by molar-refractivity contribution is 5.71. The van der Waals surface area contributed by atoms with Gasteiger partial charge in [0.2, 0.25) is 0 Å². The molecule has 0 atom stereocenters. The fourth-order valence-electron chi connectivity index (χ4n) is 2.47. The Kier molecular flexibility index (Phi) is 7.12. The van der Waals surface area contributed by atoms with Crippen LogP contribution in [-0.4, -0.2) is 37.8 Å². The molecule has 3 aromatic rings. The molecule has 28 heavy (non-hydrogen) atoms. The Hall–Kier alpha value is -3.22. The van der Waals surface area contributed by atoms with Crippen molar-refractivity contribution in [2.45, 2.75) is 0 Å². The standard InChI is InChI=1S/C22H22N2O4/c1-25-15-27-21-11-9-17(13-22(21)28-16-26-2)6-7-18-8-10-20(24-14-18)19-5-3-4-12-23-19/h3-14H,15-16H2,1-2H3. The Labute approximate surface area is 164 Å². The molecule has 6 nitrogen and oxygen atoms in total. The first-order valence-electron chi connectivity index (χ1n) is 8.73. The van der Waals surface area contributed by atoms with Crippen LogP contribution >= 0.6 is 0 Å². The van der Waals surface area contributed by atoms with Crippen molar-refractivity contribution in [1.29, 1.82) is 0 Å². The molecule has 1 aromatic carbocycles. The van der Waals surface area contributed by atoms with Crippen LogP contribution in [0.1, 0.15) is 11.1 Å². The number of ether oxygens (including phenoxy) is 4. The van der Waals surface area contributed by atoms with E-state index in [1.807, 2.05) is 66.9 Å². The predicted molar refractivity (Wildman–Crippen MR) is 108 cm³/mol. The van der Waals surface area contributed by atoms with E-state index in [4.69, 9.17) is 18.9 Å². The van der Waals surface area contributed by atoms with Crippen LogP contribution in [0.4, 0.5) is 0 Å². The summed E-state index contributed by atoms with van der Waals surface area (Å²) in [7, 11) is 3.14. The average Bonchev–Trinajstić information content (AvgIpc) is 2.76. The monoisotopic (exact) mass is 378 g/mol. The minimum absolute atomic E-state index is 0.134. The fourth-order valence-corrected chi connectivity index (χ4v) is 2.47. The Morgan fingerprint density at radius 3 is 2.14 bits per heavy atom. The number of hydrogen-bond donors (Lipinski definition) is 0. The van der Waals surface area contributed by atoms with E-state index in [0.717, 1.165) is 22.5 Å². The van der Waals surface area contributed by atoms with Gasteiger partial charge in [-0.2, -0.15) is 0 Å². The summed E-state index contributed by atoms with van der Waals surface area (Å²) in [6, 6.07) is 15.4. The fraction of sp³-hybridized carbons (Fsp3) is 0.182. The second kappa shape index (κ2) is 10.2. The van der Waals surface area contributed by atoms with Crippen LogP contribution in [0.5, 0.6) is 11.5 Å². The summed E-state index contributed by atoms with van der Waals surface area (Å²) in [6.45, 7) is 0.280. The molecular formula is C22H22N2O4. The number of benzene rings is 1. The third kappa shape index (κ3) is 5.39. The van der Waals surface area contributed by atoms with Crippen LogP contribution in [0.2, 0.25) is 0 Å². The van der Waals surface area contributed by atoms with Crippen molar-refractivity contribution in [2.24, 2.45) is 0 Å². The highest BCUT2D eigenvalue weighted by atomic mass is 16.7. The van der Waals surface area contributed by atoms with Gasteiger partial charge >= 0.3 is 0 Å². The van der Waals surface area contributed by atoms with E-state index in [9.17, 15) is 0 Å². The van der Waals surface area contributed by atoms with Gasteiger partial charge in [0.25, 0.3) is 0 Å². The summed E-state index contributed by atoms with van der Waals surface area (Å²) >= 11 is 0. The van der Waals surface area contributed by atoms with Crippen LogP contribution < -0.4 is 9.47 Å². The van der Waals surface area contributed by atoms with Crippen LogP contribution in [-0.2, 0) is 9.47 Å². The molecule has 6 heteroatoms. The van der Waals surface area contributed by atoms with E-state index in [0.29, 0.717) is 11.5 Å². The largest absolute Gasteiger partial charge is 0.464 e. The van der Waals surface area contributed by atoms with Gasteiger partial charge in [-0.3, -0.25) is 9.97 Å². The molecule has 0 spiro atoms. The molecule has 0 saturated carbocycles. The predicted octanol–water partition coefficient (Wildman–Crippen LogP) is 4.28. The second-order valence-electron chi connectivity index (χ2n) is 5.83. The van der Waals surface area contributed by atoms with Crippen molar-refractivity contribution >= 4 is 12.2 Å². The smallest absolute Gasteiger partial charge is 0.188 e. The van der Waals surface area contributed by atoms with Gasteiger partial charge in [-0.25, -0.2) is 0 Å². The van der Waals surface area contributed by atoms with Crippen LogP contribution in [0, 0.1) is 0 Å². The Balaban J connectivity index is 1.73. The molecule has 0 saturated heterocycles. The maximum Gasteiger partial charge on any atom is 0.188 e. The molecule has 0 N–H and O–H groups in total. The first kappa shape index (κ1) is 19.5. The lowest BCUT2D eigenvalue weighted by molar-refractivity contribution is 0.0322. The maximum atomic E-state index is 5.58. The molecule has 2 heterocycles. The van der Waals surface area contributed by atoms with E-state index >= 15 is 0 Å². The van der Waals surface area contributed by atoms with Gasteiger partial charge in [-0.15, -0.1) is 0 Å². The van der Waals surface area contributed by atoms with E-state index in [1.54, 1.807) is 20.4 Å². The lowest BCUT2D eigenvalue weighted by Crippen LogP contribution is -2.04. The molecule has 144 valence electrons. The summed E-state index contributed by atoms with van der Waals surface area (Å²) in [5.74, 6) is 1.18. The summed E-state index contributed by atoms with van der Waals surface area (Å²) in [6.07, 6.45) is 7.55. The third-order valence-electron chi connectivity index (χ3n) is 3.81. The van der Waals surface area contributed by atoms with Crippen LogP contribution in [0.25, 0.3) is 23.5 Å². The van der Waals surface area contributed by atoms with Gasteiger partial charge in [0.05, 0.1) is 11.4 Å². The van der Waals surface area contributed by atoms with Crippen molar-refractivity contribution in [3.8, 4) is 22.9 Å². The zero-order valence-corrected chi connectivity index (χ0v) is 15.9. The van der Waals surface area contributed by atoms with Crippen molar-refractivity contribution in [1.82, 2.24) is 9.97 Å². The molecular weight excluding hydrogens is 356 g/mol. The summed E-state index contributed by atoms with van der Waals surface area (Å²) in [5, 5.41) is 0. The quantitative estimate of drug-likeness (QED) is 0.518. The number of hydrogen-bond acceptors (Lipinski definition) is 6. The third-order valence-corrected chi connectivity index (χ3v) is 3.81. The summed E-state index contributed by atoms with van der Waals surface area (Å²) in [5.41, 5.74) is 3.64. The van der Waals surface area contributed by atoms with Gasteiger partial charge in [-0.05, 0) is 41.5 Å². The summed E-state index contributed by atoms with van der Waals surface area (Å²) < 4.78 is 21.0. The molecule has 0 unspecified atom stereocenters. The SMILES string of the molecule is COCOc1ccc(C=Cc2ccc(-c3ccccn3)nc2)cc1OCOC. The second-order valence-corrected chi connectivity index (χ2v) is 5.83. The normalized spacial score (nSPS) is 10.9. The minimum Gasteiger partial charge on any atom is -0.464 e. The minimum atomic E-state index is 0.134. The van der Waals surface area contributed by atoms with Crippen LogP contribution in [0.3, 0.4) is 0 Å². The first-order valence-corrected chi connectivity index (χ1v) is 8.73. The van der Waals surface area contributed by atoms with Gasteiger partial charge in [0.15, 0.2) is 25.1 Å². The van der Waals surface area contributed by atoms with Crippen molar-refractivity contribution < 1.29 is 18.9 Å². The average molecular weight is 378 g/mol. The number of aromatic nitrogens is 2. The van der Waals surface area contributed by atoms with Gasteiger partial charge in [0, 0.05) is 26.6 Å². The van der Waals surface area contributed by atoms with Gasteiger partial charge in [-0.1, -0.05) is 30.4 Å². The molecule has 3 rings (SSSR count). The number of rotatable bonds is 9. The van der Waals surface area contributed by atoms with Crippen molar-refractivity contribution in [3.05, 3.63) is 72.1 Å². The molecule has 0 amide bonds. The molecule has 0 aliphatic rings. The lowest BCUT2D eigenvalue weighted by Gasteiger charge is -2.12. The van der Waals surface area contributed by atoms with Crippen LogP contribution in [0.15, 0.2) is 60.9 Å². The molecule has 0 aliphatic heterocycles. The Morgan fingerprint density at radius 1 is 0.750 bits per heavy atom. The lowest BCUT2D eigenvalue weighted by atomic mass is 10.1. The van der Waals surface area contributed by atoms with E-state index in [-0.39, 0.29) is 13.6 Å². The molecule has 0 aliphatic carbocycles. The topological polar surface area (TPSA) is 62.7 Å². The van der Waals surface area contributed by atoms with Crippen molar-refractivity contribution in [2.75, 3.05) is 27.8 Å². The summed E-state index contributed by atoms with van der Waals surface area (Å²) in [4.78, 5) is 8.79. The molecule has 0 radical (unpaired) electrons. The maximum absolute atomic E-state index is 5.58. The Bertz CT molecular complexity index is 896. The highest BCUT2D eigenvalue weighted by Gasteiger charge is 2.06. The number of pyridine rings is 2. The number of methoxy groups -OCH3 is 2. The van der Waals surface area contributed by atoms with Gasteiger partial charge in [0.1, 0.15) is 0 Å².